The Kier molecular flexibility index (Phi) is 64.6. The van der Waals surface area contributed by atoms with Gasteiger partial charge in [0.2, 0.25) is 0 Å². The van der Waals surface area contributed by atoms with Crippen molar-refractivity contribution >= 4 is 39.5 Å². The first-order valence-electron chi connectivity index (χ1n) is 38.5. The zero-order valence-electron chi connectivity index (χ0n) is 60.6. The number of unbranched alkanes of at least 4 members (excludes halogenated alkanes) is 42. The molecule has 93 heavy (non-hydrogen) atoms. The molecule has 0 radical (unpaired) electrons. The van der Waals surface area contributed by atoms with E-state index in [2.05, 4.69) is 41.5 Å². The van der Waals surface area contributed by atoms with Crippen molar-refractivity contribution in [2.24, 2.45) is 11.8 Å². The molecule has 0 aliphatic carbocycles. The number of phosphoric ester groups is 2. The monoisotopic (exact) mass is 1370 g/mol. The number of hydrogen-bond acceptors (Lipinski definition) is 15. The fraction of sp³-hybridized carbons (Fsp3) is 0.946. The van der Waals surface area contributed by atoms with Gasteiger partial charge in [-0.15, -0.1) is 0 Å². The van der Waals surface area contributed by atoms with E-state index in [1.165, 1.54) is 186 Å². The first kappa shape index (κ1) is 91.1. The summed E-state index contributed by atoms with van der Waals surface area (Å²) in [5, 5.41) is 10.6. The van der Waals surface area contributed by atoms with Crippen molar-refractivity contribution in [3.8, 4) is 0 Å². The molecule has 0 amide bonds. The summed E-state index contributed by atoms with van der Waals surface area (Å²) in [5.41, 5.74) is 0. The first-order chi connectivity index (χ1) is 44.9. The van der Waals surface area contributed by atoms with E-state index in [1.807, 2.05) is 0 Å². The van der Waals surface area contributed by atoms with Gasteiger partial charge in [0.1, 0.15) is 19.3 Å². The van der Waals surface area contributed by atoms with Gasteiger partial charge >= 0.3 is 39.5 Å². The summed E-state index contributed by atoms with van der Waals surface area (Å²) in [5.74, 6) is -0.534. The zero-order valence-corrected chi connectivity index (χ0v) is 62.3. The van der Waals surface area contributed by atoms with E-state index in [-0.39, 0.29) is 25.7 Å². The van der Waals surface area contributed by atoms with Crippen LogP contribution in [-0.4, -0.2) is 96.7 Å². The summed E-state index contributed by atoms with van der Waals surface area (Å²) in [4.78, 5) is 72.5. The molecule has 17 nitrogen and oxygen atoms in total. The lowest BCUT2D eigenvalue weighted by molar-refractivity contribution is -0.161. The third-order valence-electron chi connectivity index (χ3n) is 17.6. The van der Waals surface area contributed by atoms with Crippen LogP contribution in [0.3, 0.4) is 0 Å². The van der Waals surface area contributed by atoms with E-state index in [1.54, 1.807) is 0 Å². The topological polar surface area (TPSA) is 237 Å². The highest BCUT2D eigenvalue weighted by Gasteiger charge is 2.30. The highest BCUT2D eigenvalue weighted by atomic mass is 31.2. The Morgan fingerprint density at radius 1 is 0.312 bits per heavy atom. The molecule has 0 aromatic carbocycles. The lowest BCUT2D eigenvalue weighted by atomic mass is 9.99. The van der Waals surface area contributed by atoms with Crippen LogP contribution < -0.4 is 0 Å². The van der Waals surface area contributed by atoms with E-state index in [9.17, 15) is 43.2 Å². The predicted octanol–water partition coefficient (Wildman–Crippen LogP) is 21.6. The number of rotatable bonds is 73. The van der Waals surface area contributed by atoms with Crippen LogP contribution in [0.1, 0.15) is 382 Å². The van der Waals surface area contributed by atoms with Crippen molar-refractivity contribution in [3.63, 3.8) is 0 Å². The maximum Gasteiger partial charge on any atom is 0.472 e. The highest BCUT2D eigenvalue weighted by molar-refractivity contribution is 7.47. The minimum absolute atomic E-state index is 0.105. The van der Waals surface area contributed by atoms with Crippen LogP contribution >= 0.6 is 15.6 Å². The van der Waals surface area contributed by atoms with Gasteiger partial charge in [0.15, 0.2) is 12.2 Å². The summed E-state index contributed by atoms with van der Waals surface area (Å²) in [6.45, 7) is 9.57. The van der Waals surface area contributed by atoms with Gasteiger partial charge in [0, 0.05) is 25.7 Å². The fourth-order valence-corrected chi connectivity index (χ4v) is 12.8. The van der Waals surface area contributed by atoms with Crippen LogP contribution in [0.5, 0.6) is 0 Å². The average Bonchev–Trinajstić information content (AvgIpc) is 1.89. The number of hydrogen-bond donors (Lipinski definition) is 3. The molecule has 0 rings (SSSR count). The molecule has 0 aromatic rings. The van der Waals surface area contributed by atoms with Crippen molar-refractivity contribution in [1.29, 1.82) is 0 Å². The number of phosphoric acid groups is 2. The van der Waals surface area contributed by atoms with E-state index < -0.39 is 97.5 Å². The summed E-state index contributed by atoms with van der Waals surface area (Å²) in [6.07, 6.45) is 52.9. The molecule has 3 unspecified atom stereocenters. The quantitative estimate of drug-likeness (QED) is 0.0222. The van der Waals surface area contributed by atoms with E-state index in [0.717, 1.165) is 115 Å². The van der Waals surface area contributed by atoms with Gasteiger partial charge in [0.05, 0.1) is 26.4 Å². The van der Waals surface area contributed by atoms with Crippen LogP contribution in [0.4, 0.5) is 0 Å². The Labute approximate surface area is 568 Å². The average molecular weight is 1370 g/mol. The van der Waals surface area contributed by atoms with Gasteiger partial charge in [-0.05, 0) is 37.5 Å². The van der Waals surface area contributed by atoms with Gasteiger partial charge in [-0.25, -0.2) is 9.13 Å². The third-order valence-corrected chi connectivity index (χ3v) is 19.5. The van der Waals surface area contributed by atoms with Crippen molar-refractivity contribution in [3.05, 3.63) is 0 Å². The number of ether oxygens (including phenoxy) is 4. The fourth-order valence-electron chi connectivity index (χ4n) is 11.3. The Morgan fingerprint density at radius 3 is 0.817 bits per heavy atom. The molecule has 0 aliphatic heterocycles. The molecular weight excluding hydrogens is 1220 g/mol. The second kappa shape index (κ2) is 66.0. The highest BCUT2D eigenvalue weighted by Crippen LogP contribution is 2.45. The number of aliphatic hydroxyl groups excluding tert-OH is 1. The molecule has 0 heterocycles. The molecule has 6 atom stereocenters. The summed E-state index contributed by atoms with van der Waals surface area (Å²) in [6, 6.07) is 0. The lowest BCUT2D eigenvalue weighted by Gasteiger charge is -2.21. The zero-order chi connectivity index (χ0) is 68.6. The number of carbonyl (C=O) groups is 4. The normalized spacial score (nSPS) is 14.3. The van der Waals surface area contributed by atoms with Crippen LogP contribution in [0.25, 0.3) is 0 Å². The van der Waals surface area contributed by atoms with E-state index >= 15 is 0 Å². The third kappa shape index (κ3) is 67.0. The van der Waals surface area contributed by atoms with Crippen LogP contribution in [0, 0.1) is 11.8 Å². The Bertz CT molecular complexity index is 1810. The maximum atomic E-state index is 13.1. The largest absolute Gasteiger partial charge is 0.472 e. The smallest absolute Gasteiger partial charge is 0.462 e. The molecule has 0 aliphatic rings. The molecule has 3 N–H and O–H groups in total. The first-order valence-corrected chi connectivity index (χ1v) is 41.5. The predicted molar refractivity (Wildman–Crippen MR) is 377 cm³/mol. The summed E-state index contributed by atoms with van der Waals surface area (Å²) < 4.78 is 68.3. The summed E-state index contributed by atoms with van der Waals surface area (Å²) in [7, 11) is -9.90. The molecule has 0 bridgehead atoms. The van der Waals surface area contributed by atoms with Crippen LogP contribution in [-0.2, 0) is 65.4 Å². The summed E-state index contributed by atoms with van der Waals surface area (Å²) >= 11 is 0. The number of aliphatic hydroxyl groups is 1. The molecule has 0 saturated heterocycles. The van der Waals surface area contributed by atoms with E-state index in [0.29, 0.717) is 25.7 Å². The second-order valence-electron chi connectivity index (χ2n) is 27.4. The van der Waals surface area contributed by atoms with Gasteiger partial charge in [-0.2, -0.15) is 0 Å². The van der Waals surface area contributed by atoms with E-state index in [4.69, 9.17) is 37.0 Å². The standard InChI is InChI=1S/C74H144O17P2/c1-7-10-12-14-16-17-18-25-29-32-39-45-51-57-72(77)85-63-70(90-73(78)58-52-46-40-33-30-27-24-22-20-19-21-23-26-28-31-37-42-48-54-66(4)5)65-89-93(82,83)87-61-68(75)60-86-92(80,81)88-64-69(62-84-71(76)56-50-44-36-15-13-11-8-2)91-74(79)59-53-47-41-35-34-38-43-49-55-67(6)9-3/h66-70,75H,7-65H2,1-6H3,(H,80,81)(H,82,83)/t67?,68-,69+,70+/m0/s1. The Hall–Kier alpha value is -1.94. The maximum absolute atomic E-state index is 13.1. The van der Waals surface area contributed by atoms with Crippen molar-refractivity contribution in [2.45, 2.75) is 400 Å². The van der Waals surface area contributed by atoms with Gasteiger partial charge in [-0.3, -0.25) is 37.3 Å². The molecule has 0 aromatic heterocycles. The van der Waals surface area contributed by atoms with Crippen LogP contribution in [0.2, 0.25) is 0 Å². The number of carbonyl (C=O) groups excluding carboxylic acids is 4. The van der Waals surface area contributed by atoms with Crippen molar-refractivity contribution in [1.82, 2.24) is 0 Å². The molecular formula is C74H144O17P2. The second-order valence-corrected chi connectivity index (χ2v) is 30.3. The minimum Gasteiger partial charge on any atom is -0.462 e. The number of esters is 4. The SMILES string of the molecule is CCCCCCCCCCCCCCCC(=O)OC[C@H](COP(=O)(O)OC[C@@H](O)COP(=O)(O)OC[C@@H](COC(=O)CCCCCCCCC)OC(=O)CCCCCCCCCCC(C)CC)OC(=O)CCCCCCCCCCCCCCCCCCCCC(C)C. The van der Waals surface area contributed by atoms with Gasteiger partial charge in [0.25, 0.3) is 0 Å². The van der Waals surface area contributed by atoms with Crippen LogP contribution in [0.15, 0.2) is 0 Å². The molecule has 0 spiro atoms. The lowest BCUT2D eigenvalue weighted by Crippen LogP contribution is -2.30. The van der Waals surface area contributed by atoms with Crippen molar-refractivity contribution in [2.75, 3.05) is 39.6 Å². The molecule has 552 valence electrons. The minimum atomic E-state index is -4.95. The Morgan fingerprint density at radius 2 is 0.548 bits per heavy atom. The molecule has 0 fully saturated rings. The molecule has 0 saturated carbocycles. The Balaban J connectivity index is 5.16. The van der Waals surface area contributed by atoms with Crippen molar-refractivity contribution < 1.29 is 80.2 Å². The molecule has 19 heteroatoms. The van der Waals surface area contributed by atoms with Gasteiger partial charge in [-0.1, -0.05) is 330 Å². The van der Waals surface area contributed by atoms with Gasteiger partial charge < -0.3 is 33.8 Å².